The van der Waals surface area contributed by atoms with E-state index in [2.05, 4.69) is 46.7 Å². The number of sulfone groups is 1. The Morgan fingerprint density at radius 3 is 1.52 bits per heavy atom. The first-order valence-corrected chi connectivity index (χ1v) is 24.3. The van der Waals surface area contributed by atoms with Gasteiger partial charge in [0.2, 0.25) is 33.7 Å². The predicted molar refractivity (Wildman–Crippen MR) is 258 cm³/mol. The van der Waals surface area contributed by atoms with E-state index in [4.69, 9.17) is 0 Å². The standard InChI is InChI=1S/2C23H24N6O3S/c1-16(30)25-19-8-5-9-20(13-19)26-23-24-14-21-10-11-22(29(21)27-23)18-7-4-6-17(12-18)15-28(2)33(3,31)32;1-16(30)26-19-7-4-8-20(12-19)27-23-25-14-21-9-10-22(29(21)28-23)18-6-3-5-17(11-18)13-24-15-33(2,31)32/h4-14H,15H2,1-3H3,(H,25,30)(H,26,27);3-12,14,24H,13,15H2,1-2H3,(H,26,30)(H,27,28). The Morgan fingerprint density at radius 2 is 1.05 bits per heavy atom. The normalized spacial score (nSPS) is 11.5. The van der Waals surface area contributed by atoms with Crippen molar-refractivity contribution in [3.63, 3.8) is 0 Å². The second-order valence-electron chi connectivity index (χ2n) is 15.5. The summed E-state index contributed by atoms with van der Waals surface area (Å²) in [4.78, 5) is 31.4. The smallest absolute Gasteiger partial charge is 0.245 e. The average Bonchev–Trinajstić information content (AvgIpc) is 3.87. The lowest BCUT2D eigenvalue weighted by molar-refractivity contribution is -0.115. The lowest BCUT2D eigenvalue weighted by Crippen LogP contribution is -2.24. The van der Waals surface area contributed by atoms with Gasteiger partial charge < -0.3 is 21.3 Å². The molecule has 0 spiro atoms. The Hall–Kier alpha value is -7.52. The molecule has 0 aliphatic heterocycles. The van der Waals surface area contributed by atoms with Gasteiger partial charge in [0.15, 0.2) is 9.84 Å². The van der Waals surface area contributed by atoms with E-state index in [1.165, 1.54) is 30.7 Å². The Bertz CT molecular complexity index is 3280. The van der Waals surface area contributed by atoms with Crippen molar-refractivity contribution in [1.29, 1.82) is 0 Å². The summed E-state index contributed by atoms with van der Waals surface area (Å²) in [6.45, 7) is 3.64. The molecule has 0 radical (unpaired) electrons. The molecule has 8 aromatic rings. The van der Waals surface area contributed by atoms with Crippen molar-refractivity contribution in [1.82, 2.24) is 38.8 Å². The first kappa shape index (κ1) is 46.5. The van der Waals surface area contributed by atoms with Crippen LogP contribution in [0.15, 0.2) is 134 Å². The molecule has 0 aliphatic rings. The highest BCUT2D eigenvalue weighted by Crippen LogP contribution is 2.27. The van der Waals surface area contributed by atoms with Crippen LogP contribution in [0.3, 0.4) is 0 Å². The first-order valence-electron chi connectivity index (χ1n) is 20.4. The molecule has 66 heavy (non-hydrogen) atoms. The van der Waals surface area contributed by atoms with Gasteiger partial charge in [-0.15, -0.1) is 10.2 Å². The van der Waals surface area contributed by atoms with Crippen molar-refractivity contribution in [2.24, 2.45) is 0 Å². The zero-order valence-corrected chi connectivity index (χ0v) is 38.4. The number of aromatic nitrogens is 6. The molecule has 2 amide bonds. The van der Waals surface area contributed by atoms with Crippen LogP contribution < -0.4 is 26.6 Å². The van der Waals surface area contributed by atoms with Gasteiger partial charge in [-0.25, -0.2) is 40.1 Å². The molecule has 4 heterocycles. The molecule has 0 bridgehead atoms. The van der Waals surface area contributed by atoms with Crippen LogP contribution in [-0.2, 0) is 42.5 Å². The van der Waals surface area contributed by atoms with Crippen molar-refractivity contribution in [2.75, 3.05) is 46.7 Å². The van der Waals surface area contributed by atoms with E-state index in [0.717, 1.165) is 56.0 Å². The second kappa shape index (κ2) is 20.1. The Balaban J connectivity index is 0.000000196. The molecule has 0 fully saturated rings. The van der Waals surface area contributed by atoms with Crippen LogP contribution in [0.2, 0.25) is 0 Å². The van der Waals surface area contributed by atoms with E-state index >= 15 is 0 Å². The Morgan fingerprint density at radius 1 is 0.591 bits per heavy atom. The lowest BCUT2D eigenvalue weighted by Gasteiger charge is -2.14. The molecule has 18 nitrogen and oxygen atoms in total. The summed E-state index contributed by atoms with van der Waals surface area (Å²) in [5.74, 6) is 0.442. The van der Waals surface area contributed by atoms with Crippen LogP contribution in [0.25, 0.3) is 33.5 Å². The van der Waals surface area contributed by atoms with Crippen molar-refractivity contribution in [3.8, 4) is 22.5 Å². The topological polar surface area (TPSA) is 226 Å². The van der Waals surface area contributed by atoms with Crippen LogP contribution in [-0.4, -0.2) is 87.6 Å². The molecule has 20 heteroatoms. The number of rotatable bonds is 15. The van der Waals surface area contributed by atoms with Gasteiger partial charge in [0.05, 0.1) is 46.9 Å². The predicted octanol–water partition coefficient (Wildman–Crippen LogP) is 6.68. The minimum Gasteiger partial charge on any atom is -0.326 e. The number of carbonyl (C=O) groups is 2. The summed E-state index contributed by atoms with van der Waals surface area (Å²) in [6, 6.07) is 37.9. The van der Waals surface area contributed by atoms with Crippen LogP contribution in [0, 0.1) is 0 Å². The summed E-state index contributed by atoms with van der Waals surface area (Å²) in [6.07, 6.45) is 5.84. The molecule has 5 N–H and O–H groups in total. The third kappa shape index (κ3) is 12.6. The van der Waals surface area contributed by atoms with Crippen molar-refractivity contribution in [2.45, 2.75) is 26.9 Å². The number of nitrogens with one attached hydrogen (secondary N) is 5. The molecule has 0 saturated carbocycles. The van der Waals surface area contributed by atoms with E-state index < -0.39 is 19.9 Å². The quantitative estimate of drug-likeness (QED) is 0.0724. The number of nitrogens with zero attached hydrogens (tertiary/aromatic N) is 7. The Kier molecular flexibility index (Phi) is 14.2. The Labute approximate surface area is 382 Å². The molecule has 340 valence electrons. The fourth-order valence-electron chi connectivity index (χ4n) is 6.79. The van der Waals surface area contributed by atoms with Crippen molar-refractivity contribution in [3.05, 3.63) is 145 Å². The third-order valence-corrected chi connectivity index (χ3v) is 11.8. The molecule has 0 atom stereocenters. The summed E-state index contributed by atoms with van der Waals surface area (Å²) >= 11 is 0. The van der Waals surface area contributed by atoms with E-state index in [1.54, 1.807) is 52.7 Å². The lowest BCUT2D eigenvalue weighted by atomic mass is 10.1. The molecule has 4 aromatic heterocycles. The second-order valence-corrected chi connectivity index (χ2v) is 19.7. The maximum atomic E-state index is 11.8. The molecule has 0 unspecified atom stereocenters. The van der Waals surface area contributed by atoms with Gasteiger partial charge in [-0.2, -0.15) is 0 Å². The largest absolute Gasteiger partial charge is 0.326 e. The number of hydrogen-bond acceptors (Lipinski definition) is 13. The van der Waals surface area contributed by atoms with Crippen LogP contribution in [0.1, 0.15) is 25.0 Å². The number of benzene rings is 4. The number of anilines is 6. The van der Waals surface area contributed by atoms with Crippen LogP contribution >= 0.6 is 0 Å². The molecule has 4 aromatic carbocycles. The summed E-state index contributed by atoms with van der Waals surface area (Å²) in [5.41, 5.74) is 9.92. The monoisotopic (exact) mass is 928 g/mol. The zero-order valence-electron chi connectivity index (χ0n) is 36.7. The number of carbonyl (C=O) groups excluding carboxylic acids is 2. The van der Waals surface area contributed by atoms with Crippen LogP contribution in [0.5, 0.6) is 0 Å². The number of fused-ring (bicyclic) bond motifs is 2. The maximum absolute atomic E-state index is 11.8. The van der Waals surface area contributed by atoms with Gasteiger partial charge in [-0.05, 0) is 83.9 Å². The molecule has 0 saturated heterocycles. The van der Waals surface area contributed by atoms with E-state index in [-0.39, 0.29) is 24.2 Å². The van der Waals surface area contributed by atoms with E-state index in [9.17, 15) is 26.4 Å². The maximum Gasteiger partial charge on any atom is 0.245 e. The zero-order chi connectivity index (χ0) is 47.0. The third-order valence-electron chi connectivity index (χ3n) is 9.79. The highest BCUT2D eigenvalue weighted by Gasteiger charge is 2.14. The van der Waals surface area contributed by atoms with Crippen molar-refractivity contribution < 1.29 is 26.4 Å². The van der Waals surface area contributed by atoms with E-state index in [0.29, 0.717) is 29.8 Å². The fourth-order valence-corrected chi connectivity index (χ4v) is 7.65. The van der Waals surface area contributed by atoms with E-state index in [1.807, 2.05) is 97.1 Å². The van der Waals surface area contributed by atoms with Gasteiger partial charge in [0, 0.05) is 74.1 Å². The highest BCUT2D eigenvalue weighted by atomic mass is 32.2. The minimum absolute atomic E-state index is 0.0727. The van der Waals surface area contributed by atoms with Gasteiger partial charge in [0.1, 0.15) is 0 Å². The van der Waals surface area contributed by atoms with Gasteiger partial charge in [-0.3, -0.25) is 14.9 Å². The number of sulfonamides is 1. The van der Waals surface area contributed by atoms with Gasteiger partial charge >= 0.3 is 0 Å². The molecular formula is C46H48N12O6S2. The van der Waals surface area contributed by atoms with Gasteiger partial charge in [0.25, 0.3) is 0 Å². The fraction of sp³-hybridized carbons (Fsp3) is 0.174. The van der Waals surface area contributed by atoms with Crippen molar-refractivity contribution >= 4 is 77.4 Å². The first-order chi connectivity index (χ1) is 31.5. The highest BCUT2D eigenvalue weighted by molar-refractivity contribution is 7.90. The summed E-state index contributed by atoms with van der Waals surface area (Å²) in [5, 5.41) is 24.0. The molecule has 8 rings (SSSR count). The molecule has 0 aliphatic carbocycles. The number of hydrogen-bond donors (Lipinski definition) is 5. The average molecular weight is 929 g/mol. The SMILES string of the molecule is CC(=O)Nc1cccc(Nc2ncc3ccc(-c4cccc(CN(C)S(C)(=O)=O)c4)n3n2)c1.CC(=O)Nc1cccc(Nc2ncc3ccc(-c4cccc(CNCS(C)(=O)=O)c4)n3n2)c1. The summed E-state index contributed by atoms with van der Waals surface area (Å²) < 4.78 is 51.1. The van der Waals surface area contributed by atoms with Crippen LogP contribution in [0.4, 0.5) is 34.6 Å². The van der Waals surface area contributed by atoms with Gasteiger partial charge in [-0.1, -0.05) is 48.5 Å². The molecular weight excluding hydrogens is 881 g/mol. The minimum atomic E-state index is -3.27. The number of amides is 2. The summed E-state index contributed by atoms with van der Waals surface area (Å²) in [7, 11) is -4.79.